The lowest BCUT2D eigenvalue weighted by Gasteiger charge is -2.24. The predicted octanol–water partition coefficient (Wildman–Crippen LogP) is 2.77. The summed E-state index contributed by atoms with van der Waals surface area (Å²) in [5, 5.41) is 1.82. The topological polar surface area (TPSA) is 95.6 Å². The summed E-state index contributed by atoms with van der Waals surface area (Å²) < 4.78 is 64.2. The van der Waals surface area contributed by atoms with Gasteiger partial charge in [-0.05, 0) is 49.2 Å². The van der Waals surface area contributed by atoms with Gasteiger partial charge in [-0.1, -0.05) is 18.2 Å². The number of carbonyl (C=O) groups excluding carboxylic acids is 2. The molecule has 1 atom stereocenters. The Morgan fingerprint density at radius 3 is 2.29 bits per heavy atom. The number of rotatable bonds is 6. The van der Waals surface area contributed by atoms with Gasteiger partial charge in [-0.25, -0.2) is 8.42 Å². The highest BCUT2D eigenvalue weighted by molar-refractivity contribution is 7.92. The molecule has 2 amide bonds. The van der Waals surface area contributed by atoms with Gasteiger partial charge in [0.25, 0.3) is 15.9 Å². The largest absolute Gasteiger partial charge is 0.405 e. The molecule has 11 heteroatoms. The lowest BCUT2D eigenvalue weighted by molar-refractivity contribution is -0.140. The van der Waals surface area contributed by atoms with Gasteiger partial charge in [0.2, 0.25) is 5.91 Å². The Kier molecular flexibility index (Phi) is 6.54. The fourth-order valence-corrected chi connectivity index (χ4v) is 4.33. The number of nitrogens with one attached hydrogen (secondary N) is 2. The number of carbonyl (C=O) groups is 2. The van der Waals surface area contributed by atoms with Crippen LogP contribution >= 0.6 is 0 Å². The molecular formula is C20H20F3N3O4S. The van der Waals surface area contributed by atoms with Crippen LogP contribution in [0.4, 0.5) is 18.9 Å². The van der Waals surface area contributed by atoms with Gasteiger partial charge in [0.15, 0.2) is 0 Å². The zero-order valence-electron chi connectivity index (χ0n) is 16.2. The van der Waals surface area contributed by atoms with E-state index in [2.05, 4.69) is 4.72 Å². The summed E-state index contributed by atoms with van der Waals surface area (Å²) >= 11 is 0. The van der Waals surface area contributed by atoms with Gasteiger partial charge in [0.1, 0.15) is 12.6 Å². The Bertz CT molecular complexity index is 1040. The molecule has 0 bridgehead atoms. The van der Waals surface area contributed by atoms with E-state index < -0.39 is 40.6 Å². The van der Waals surface area contributed by atoms with E-state index in [1.165, 1.54) is 41.3 Å². The molecule has 1 fully saturated rings. The number of anilines is 1. The highest BCUT2D eigenvalue weighted by atomic mass is 32.2. The van der Waals surface area contributed by atoms with Gasteiger partial charge in [-0.3, -0.25) is 14.3 Å². The van der Waals surface area contributed by atoms with Crippen molar-refractivity contribution >= 4 is 27.5 Å². The van der Waals surface area contributed by atoms with Crippen molar-refractivity contribution in [3.63, 3.8) is 0 Å². The maximum Gasteiger partial charge on any atom is 0.405 e. The lowest BCUT2D eigenvalue weighted by atomic mass is 10.1. The number of hydrogen-bond donors (Lipinski definition) is 2. The van der Waals surface area contributed by atoms with E-state index in [0.29, 0.717) is 6.42 Å². The van der Waals surface area contributed by atoms with Gasteiger partial charge in [-0.2, -0.15) is 13.2 Å². The van der Waals surface area contributed by atoms with Crippen molar-refractivity contribution in [2.24, 2.45) is 0 Å². The van der Waals surface area contributed by atoms with Crippen molar-refractivity contribution < 1.29 is 31.2 Å². The van der Waals surface area contributed by atoms with Crippen LogP contribution in [0.15, 0.2) is 59.5 Å². The molecule has 1 aliphatic heterocycles. The van der Waals surface area contributed by atoms with Crippen molar-refractivity contribution in [3.05, 3.63) is 60.2 Å². The molecule has 7 nitrogen and oxygen atoms in total. The van der Waals surface area contributed by atoms with Crippen molar-refractivity contribution in [3.8, 4) is 0 Å². The first kappa shape index (κ1) is 22.6. The van der Waals surface area contributed by atoms with Crippen LogP contribution in [-0.2, 0) is 14.8 Å². The van der Waals surface area contributed by atoms with Crippen LogP contribution < -0.4 is 10.0 Å². The second-order valence-electron chi connectivity index (χ2n) is 6.99. The molecule has 0 radical (unpaired) electrons. The van der Waals surface area contributed by atoms with Crippen molar-refractivity contribution in [2.45, 2.75) is 30.0 Å². The van der Waals surface area contributed by atoms with Crippen LogP contribution in [0.5, 0.6) is 0 Å². The van der Waals surface area contributed by atoms with Crippen molar-refractivity contribution in [2.75, 3.05) is 17.8 Å². The number of benzene rings is 2. The number of nitrogens with zero attached hydrogens (tertiary/aromatic N) is 1. The van der Waals surface area contributed by atoms with Gasteiger partial charge >= 0.3 is 6.18 Å². The van der Waals surface area contributed by atoms with Crippen LogP contribution in [0, 0.1) is 0 Å². The average molecular weight is 455 g/mol. The summed E-state index contributed by atoms with van der Waals surface area (Å²) in [6, 6.07) is 12.4. The Morgan fingerprint density at radius 2 is 1.68 bits per heavy atom. The number of amides is 2. The third-order valence-corrected chi connectivity index (χ3v) is 6.11. The molecule has 0 aliphatic carbocycles. The zero-order chi connectivity index (χ0) is 22.6. The van der Waals surface area contributed by atoms with E-state index >= 15 is 0 Å². The molecule has 2 aromatic rings. The van der Waals surface area contributed by atoms with Crippen LogP contribution in [0.2, 0.25) is 0 Å². The summed E-state index contributed by atoms with van der Waals surface area (Å²) in [5.41, 5.74) is 0.430. The molecule has 3 rings (SSSR count). The van der Waals surface area contributed by atoms with E-state index in [1.54, 1.807) is 18.2 Å². The summed E-state index contributed by atoms with van der Waals surface area (Å²) in [4.78, 5) is 26.2. The molecule has 31 heavy (non-hydrogen) atoms. The summed E-state index contributed by atoms with van der Waals surface area (Å²) in [6.07, 6.45) is -3.78. The number of halogens is 3. The van der Waals surface area contributed by atoms with E-state index in [0.717, 1.165) is 0 Å². The molecule has 1 aliphatic rings. The highest BCUT2D eigenvalue weighted by Gasteiger charge is 2.36. The summed E-state index contributed by atoms with van der Waals surface area (Å²) in [5.74, 6) is -1.36. The summed E-state index contributed by atoms with van der Waals surface area (Å²) in [6.45, 7) is -1.22. The number of likely N-dealkylation sites (tertiary alicyclic amines) is 1. The molecule has 166 valence electrons. The van der Waals surface area contributed by atoms with E-state index in [4.69, 9.17) is 0 Å². The Balaban J connectivity index is 1.67. The van der Waals surface area contributed by atoms with E-state index in [-0.39, 0.29) is 29.1 Å². The number of hydrogen-bond acceptors (Lipinski definition) is 4. The number of alkyl halides is 3. The SMILES string of the molecule is O=C(NCC(F)(F)F)C1CCCN1C(=O)c1ccc(NS(=O)(=O)c2ccccc2)cc1. The highest BCUT2D eigenvalue weighted by Crippen LogP contribution is 2.23. The first-order valence-electron chi connectivity index (χ1n) is 9.40. The zero-order valence-corrected chi connectivity index (χ0v) is 17.0. The normalized spacial score (nSPS) is 16.7. The van der Waals surface area contributed by atoms with Crippen LogP contribution in [0.25, 0.3) is 0 Å². The maximum absolute atomic E-state index is 12.8. The molecule has 0 spiro atoms. The lowest BCUT2D eigenvalue weighted by Crippen LogP contribution is -2.48. The average Bonchev–Trinajstić information content (AvgIpc) is 3.22. The van der Waals surface area contributed by atoms with Gasteiger partial charge in [0.05, 0.1) is 4.90 Å². The van der Waals surface area contributed by atoms with Crippen molar-refractivity contribution in [1.82, 2.24) is 10.2 Å². The Hall–Kier alpha value is -3.08. The minimum atomic E-state index is -4.54. The molecule has 2 N–H and O–H groups in total. The van der Waals surface area contributed by atoms with Gasteiger partial charge < -0.3 is 10.2 Å². The quantitative estimate of drug-likeness (QED) is 0.700. The monoisotopic (exact) mass is 455 g/mol. The fourth-order valence-electron chi connectivity index (χ4n) is 3.25. The third-order valence-electron chi connectivity index (χ3n) is 4.72. The predicted molar refractivity (Wildman–Crippen MR) is 107 cm³/mol. The second kappa shape index (κ2) is 8.96. The molecule has 0 saturated carbocycles. The first-order valence-corrected chi connectivity index (χ1v) is 10.9. The van der Waals surface area contributed by atoms with Crippen LogP contribution in [-0.4, -0.2) is 50.4 Å². The molecule has 1 heterocycles. The molecule has 2 aromatic carbocycles. The van der Waals surface area contributed by atoms with E-state index in [9.17, 15) is 31.2 Å². The molecular weight excluding hydrogens is 435 g/mol. The van der Waals surface area contributed by atoms with Crippen molar-refractivity contribution in [1.29, 1.82) is 0 Å². The Morgan fingerprint density at radius 1 is 1.03 bits per heavy atom. The smallest absolute Gasteiger partial charge is 0.345 e. The maximum atomic E-state index is 12.8. The standard InChI is InChI=1S/C20H20F3N3O4S/c21-20(22,23)13-24-18(27)17-7-4-12-26(17)19(28)14-8-10-15(11-9-14)25-31(29,30)16-5-2-1-3-6-16/h1-3,5-6,8-11,17,25H,4,7,12-13H2,(H,24,27). The fraction of sp³-hybridized carbons (Fsp3) is 0.300. The second-order valence-corrected chi connectivity index (χ2v) is 8.67. The third kappa shape index (κ3) is 5.75. The van der Waals surface area contributed by atoms with Crippen LogP contribution in [0.1, 0.15) is 23.2 Å². The first-order chi connectivity index (χ1) is 14.6. The molecule has 1 saturated heterocycles. The Labute approximate surface area is 177 Å². The number of sulfonamides is 1. The van der Waals surface area contributed by atoms with Crippen LogP contribution in [0.3, 0.4) is 0 Å². The van der Waals surface area contributed by atoms with Gasteiger partial charge in [0, 0.05) is 17.8 Å². The molecule has 1 unspecified atom stereocenters. The minimum absolute atomic E-state index is 0.0833. The minimum Gasteiger partial charge on any atom is -0.345 e. The summed E-state index contributed by atoms with van der Waals surface area (Å²) in [7, 11) is -3.79. The van der Waals surface area contributed by atoms with E-state index in [1.807, 2.05) is 5.32 Å². The molecule has 0 aromatic heterocycles. The van der Waals surface area contributed by atoms with Gasteiger partial charge in [-0.15, -0.1) is 0 Å².